The van der Waals surface area contributed by atoms with Gasteiger partial charge >= 0.3 is 6.09 Å². The lowest BCUT2D eigenvalue weighted by Gasteiger charge is -2.25. The van der Waals surface area contributed by atoms with Crippen LogP contribution in [0, 0.1) is 19.8 Å². The fraction of sp³-hybridized carbons (Fsp3) is 0.579. The van der Waals surface area contributed by atoms with E-state index in [4.69, 9.17) is 10.5 Å². The molecular formula is C19H32N4O2. The van der Waals surface area contributed by atoms with Gasteiger partial charge in [0.25, 0.3) is 0 Å². The highest BCUT2D eigenvalue weighted by molar-refractivity contribution is 5.92. The zero-order chi connectivity index (χ0) is 19.2. The van der Waals surface area contributed by atoms with Crippen LogP contribution in [0.2, 0.25) is 0 Å². The predicted octanol–water partition coefficient (Wildman–Crippen LogP) is 3.58. The van der Waals surface area contributed by atoms with E-state index in [-0.39, 0.29) is 12.0 Å². The minimum Gasteiger partial charge on any atom is -0.444 e. The third kappa shape index (κ3) is 8.42. The Hall–Kier alpha value is -2.24. The van der Waals surface area contributed by atoms with Crippen molar-refractivity contribution in [3.8, 4) is 0 Å². The molecule has 1 atom stereocenters. The summed E-state index contributed by atoms with van der Waals surface area (Å²) in [5.41, 5.74) is 8.66. The summed E-state index contributed by atoms with van der Waals surface area (Å²) in [6, 6.07) is 5.95. The van der Waals surface area contributed by atoms with Crippen molar-refractivity contribution in [3.05, 3.63) is 29.3 Å². The molecule has 1 aromatic rings. The van der Waals surface area contributed by atoms with Crippen LogP contribution in [-0.2, 0) is 4.74 Å². The smallest absolute Gasteiger partial charge is 0.407 e. The van der Waals surface area contributed by atoms with Gasteiger partial charge in [0.1, 0.15) is 5.60 Å². The number of nitrogens with zero attached hydrogens (tertiary/aromatic N) is 1. The summed E-state index contributed by atoms with van der Waals surface area (Å²) in [6.45, 7) is 14.0. The van der Waals surface area contributed by atoms with Crippen LogP contribution in [0.5, 0.6) is 0 Å². The summed E-state index contributed by atoms with van der Waals surface area (Å²) >= 11 is 0. The number of nitrogens with one attached hydrogen (secondary N) is 2. The van der Waals surface area contributed by atoms with E-state index in [1.54, 1.807) is 0 Å². The van der Waals surface area contributed by atoms with Gasteiger partial charge in [0.05, 0.1) is 12.6 Å². The molecule has 0 aliphatic carbocycles. The van der Waals surface area contributed by atoms with Gasteiger partial charge in [-0.2, -0.15) is 0 Å². The maximum Gasteiger partial charge on any atom is 0.407 e. The number of hydrogen-bond donors (Lipinski definition) is 3. The Kier molecular flexibility index (Phi) is 7.27. The second-order valence-corrected chi connectivity index (χ2v) is 7.72. The molecule has 0 aliphatic heterocycles. The van der Waals surface area contributed by atoms with Crippen molar-refractivity contribution in [2.24, 2.45) is 16.6 Å². The number of alkyl carbamates (subject to hydrolysis) is 1. The van der Waals surface area contributed by atoms with Gasteiger partial charge in [-0.25, -0.2) is 4.79 Å². The van der Waals surface area contributed by atoms with Crippen LogP contribution in [0.4, 0.5) is 10.5 Å². The van der Waals surface area contributed by atoms with Crippen molar-refractivity contribution in [1.29, 1.82) is 0 Å². The Morgan fingerprint density at radius 2 is 1.76 bits per heavy atom. The van der Waals surface area contributed by atoms with E-state index in [1.165, 1.54) is 0 Å². The molecule has 0 saturated heterocycles. The number of aryl methyl sites for hydroxylation is 2. The van der Waals surface area contributed by atoms with Crippen molar-refractivity contribution in [3.63, 3.8) is 0 Å². The normalized spacial score (nSPS) is 13.5. The third-order valence-electron chi connectivity index (χ3n) is 3.46. The maximum absolute atomic E-state index is 12.0. The van der Waals surface area contributed by atoms with Gasteiger partial charge in [-0.05, 0) is 63.8 Å². The van der Waals surface area contributed by atoms with E-state index in [0.717, 1.165) is 16.8 Å². The lowest BCUT2D eigenvalue weighted by Crippen LogP contribution is -2.44. The first-order valence-corrected chi connectivity index (χ1v) is 8.61. The molecule has 1 amide bonds. The molecule has 0 fully saturated rings. The number of rotatable bonds is 5. The predicted molar refractivity (Wildman–Crippen MR) is 104 cm³/mol. The number of benzene rings is 1. The highest BCUT2D eigenvalue weighted by atomic mass is 16.6. The molecule has 4 N–H and O–H groups in total. The Labute approximate surface area is 151 Å². The van der Waals surface area contributed by atoms with Gasteiger partial charge in [-0.3, -0.25) is 4.99 Å². The van der Waals surface area contributed by atoms with Gasteiger partial charge in [-0.15, -0.1) is 0 Å². The van der Waals surface area contributed by atoms with Gasteiger partial charge < -0.3 is 21.1 Å². The Morgan fingerprint density at radius 1 is 1.20 bits per heavy atom. The van der Waals surface area contributed by atoms with Crippen LogP contribution in [0.1, 0.15) is 45.7 Å². The molecule has 0 saturated carbocycles. The van der Waals surface area contributed by atoms with E-state index >= 15 is 0 Å². The second kappa shape index (κ2) is 8.74. The number of hydrogen-bond acceptors (Lipinski definition) is 3. The summed E-state index contributed by atoms with van der Waals surface area (Å²) < 4.78 is 5.30. The summed E-state index contributed by atoms with van der Waals surface area (Å²) in [5, 5.41) is 5.95. The molecule has 0 bridgehead atoms. The third-order valence-corrected chi connectivity index (χ3v) is 3.46. The van der Waals surface area contributed by atoms with Crippen molar-refractivity contribution in [2.45, 2.75) is 60.1 Å². The molecule has 0 aliphatic rings. The highest BCUT2D eigenvalue weighted by Crippen LogP contribution is 2.13. The molecule has 0 heterocycles. The molecule has 1 aromatic carbocycles. The minimum absolute atomic E-state index is 0.158. The lowest BCUT2D eigenvalue weighted by atomic mass is 10.1. The molecular weight excluding hydrogens is 316 g/mol. The monoisotopic (exact) mass is 348 g/mol. The van der Waals surface area contributed by atoms with Crippen LogP contribution in [0.25, 0.3) is 0 Å². The number of aliphatic imine (C=N–C) groups is 1. The molecule has 140 valence electrons. The Balaban J connectivity index is 2.68. The highest BCUT2D eigenvalue weighted by Gasteiger charge is 2.21. The van der Waals surface area contributed by atoms with E-state index in [9.17, 15) is 4.79 Å². The van der Waals surface area contributed by atoms with Crippen LogP contribution in [-0.4, -0.2) is 30.2 Å². The number of anilines is 1. The molecule has 6 nitrogen and oxygen atoms in total. The van der Waals surface area contributed by atoms with Crippen molar-refractivity contribution in [1.82, 2.24) is 5.32 Å². The number of nitrogens with two attached hydrogens (primary N) is 1. The van der Waals surface area contributed by atoms with Gasteiger partial charge in [-0.1, -0.05) is 19.9 Å². The zero-order valence-electron chi connectivity index (χ0n) is 16.4. The minimum atomic E-state index is -0.529. The van der Waals surface area contributed by atoms with E-state index in [0.29, 0.717) is 12.5 Å². The van der Waals surface area contributed by atoms with Crippen molar-refractivity contribution >= 4 is 17.7 Å². The largest absolute Gasteiger partial charge is 0.444 e. The Bertz CT molecular complexity index is 598. The maximum atomic E-state index is 12.0. The quantitative estimate of drug-likeness (QED) is 0.560. The van der Waals surface area contributed by atoms with Gasteiger partial charge in [0, 0.05) is 5.69 Å². The first-order valence-electron chi connectivity index (χ1n) is 8.61. The molecule has 6 heteroatoms. The second-order valence-electron chi connectivity index (χ2n) is 7.72. The van der Waals surface area contributed by atoms with E-state index in [1.807, 2.05) is 60.6 Å². The fourth-order valence-corrected chi connectivity index (χ4v) is 2.31. The van der Waals surface area contributed by atoms with Gasteiger partial charge in [0.15, 0.2) is 5.96 Å². The topological polar surface area (TPSA) is 88.7 Å². The summed E-state index contributed by atoms with van der Waals surface area (Å²) in [6.07, 6.45) is -0.442. The van der Waals surface area contributed by atoms with Crippen LogP contribution < -0.4 is 16.4 Å². The molecule has 0 aromatic heterocycles. The van der Waals surface area contributed by atoms with Crippen LogP contribution in [0.3, 0.4) is 0 Å². The standard InChI is InChI=1S/C19H32N4O2/c1-12(2)16(23-18(24)25-19(5,6)7)11-21-17(20)22-15-9-13(3)8-14(4)10-15/h8-10,12,16H,11H2,1-7H3,(H,23,24)(H3,20,21,22). The van der Waals surface area contributed by atoms with Crippen LogP contribution in [0.15, 0.2) is 23.2 Å². The summed E-state index contributed by atoms with van der Waals surface area (Å²) in [7, 11) is 0. The lowest BCUT2D eigenvalue weighted by molar-refractivity contribution is 0.0493. The Morgan fingerprint density at radius 3 is 2.24 bits per heavy atom. The number of guanidine groups is 1. The van der Waals surface area contributed by atoms with Crippen molar-refractivity contribution < 1.29 is 9.53 Å². The SMILES string of the molecule is Cc1cc(C)cc(NC(N)=NCC(NC(=O)OC(C)(C)C)C(C)C)c1. The first-order chi connectivity index (χ1) is 11.5. The average Bonchev–Trinajstić information content (AvgIpc) is 2.39. The van der Waals surface area contributed by atoms with E-state index in [2.05, 4.69) is 21.7 Å². The zero-order valence-corrected chi connectivity index (χ0v) is 16.4. The fourth-order valence-electron chi connectivity index (χ4n) is 2.31. The van der Waals surface area contributed by atoms with Crippen molar-refractivity contribution in [2.75, 3.05) is 11.9 Å². The molecule has 1 rings (SSSR count). The molecule has 0 radical (unpaired) electrons. The molecule has 0 spiro atoms. The average molecular weight is 348 g/mol. The van der Waals surface area contributed by atoms with Gasteiger partial charge in [0.2, 0.25) is 0 Å². The number of carbonyl (C=O) groups is 1. The number of ether oxygens (including phenoxy) is 1. The first kappa shape index (κ1) is 20.8. The van der Waals surface area contributed by atoms with Crippen LogP contribution >= 0.6 is 0 Å². The van der Waals surface area contributed by atoms with E-state index < -0.39 is 11.7 Å². The summed E-state index contributed by atoms with van der Waals surface area (Å²) in [5.74, 6) is 0.520. The number of carbonyl (C=O) groups excluding carboxylic acids is 1. The summed E-state index contributed by atoms with van der Waals surface area (Å²) in [4.78, 5) is 16.3. The molecule has 25 heavy (non-hydrogen) atoms. The molecule has 1 unspecified atom stereocenters. The number of amides is 1.